The molecular weight excluding hydrogens is 450 g/mol. The second kappa shape index (κ2) is 9.46. The van der Waals surface area contributed by atoms with Crippen LogP contribution in [0.4, 0.5) is 17.3 Å². The number of rotatable bonds is 5. The van der Waals surface area contributed by atoms with Crippen LogP contribution >= 0.6 is 11.8 Å². The number of thioether (sulfide) groups is 1. The van der Waals surface area contributed by atoms with Crippen molar-refractivity contribution in [3.8, 4) is 0 Å². The average Bonchev–Trinajstić information content (AvgIpc) is 3.25. The van der Waals surface area contributed by atoms with Crippen LogP contribution in [0.25, 0.3) is 0 Å². The average molecular weight is 478 g/mol. The van der Waals surface area contributed by atoms with E-state index in [2.05, 4.69) is 54.3 Å². The molecule has 1 atom stereocenters. The molecule has 9 nitrogen and oxygen atoms in total. The smallest absolute Gasteiger partial charge is 0.257 e. The number of nitrogens with zero attached hydrogens (tertiary/aromatic N) is 6. The molecule has 2 aromatic heterocycles. The van der Waals surface area contributed by atoms with Crippen molar-refractivity contribution in [2.24, 2.45) is 0 Å². The van der Waals surface area contributed by atoms with Gasteiger partial charge in [0.15, 0.2) is 5.16 Å². The summed E-state index contributed by atoms with van der Waals surface area (Å²) in [5.74, 6) is 1.74. The largest absolute Gasteiger partial charge is 0.368 e. The number of nitrogens with one attached hydrogen (secondary N) is 1. The Bertz CT molecular complexity index is 1260. The first-order valence-corrected chi connectivity index (χ1v) is 12.4. The summed E-state index contributed by atoms with van der Waals surface area (Å²) >= 11 is 1.52. The predicted molar refractivity (Wildman–Crippen MR) is 134 cm³/mol. The lowest BCUT2D eigenvalue weighted by Crippen LogP contribution is -2.46. The highest BCUT2D eigenvalue weighted by molar-refractivity contribution is 7.99. The van der Waals surface area contributed by atoms with Crippen molar-refractivity contribution in [1.29, 1.82) is 0 Å². The van der Waals surface area contributed by atoms with Gasteiger partial charge in [0.05, 0.1) is 6.04 Å². The molecule has 1 aromatic carbocycles. The van der Waals surface area contributed by atoms with E-state index in [-0.39, 0.29) is 23.9 Å². The number of fused-ring (bicyclic) bond motifs is 1. The van der Waals surface area contributed by atoms with Gasteiger partial charge in [-0.15, -0.1) is 0 Å². The Hall–Kier alpha value is -3.40. The molecule has 0 radical (unpaired) electrons. The second-order valence-electron chi connectivity index (χ2n) is 8.57. The Labute approximate surface area is 202 Å². The van der Waals surface area contributed by atoms with Crippen molar-refractivity contribution in [2.75, 3.05) is 47.0 Å². The highest BCUT2D eigenvalue weighted by Gasteiger charge is 2.29. The molecule has 0 saturated carbocycles. The molecule has 2 aliphatic rings. The normalized spacial score (nSPS) is 17.5. The Balaban J connectivity index is 1.21. The molecule has 1 amide bonds. The molecule has 1 unspecified atom stereocenters. The van der Waals surface area contributed by atoms with E-state index in [1.165, 1.54) is 23.8 Å². The van der Waals surface area contributed by atoms with E-state index in [1.54, 1.807) is 11.5 Å². The third-order valence-corrected chi connectivity index (χ3v) is 7.49. The van der Waals surface area contributed by atoms with E-state index in [4.69, 9.17) is 0 Å². The van der Waals surface area contributed by atoms with Gasteiger partial charge in [-0.3, -0.25) is 14.2 Å². The number of hydrogen-bond donors (Lipinski definition) is 1. The summed E-state index contributed by atoms with van der Waals surface area (Å²) in [5.41, 5.74) is 2.53. The van der Waals surface area contributed by atoms with Crippen LogP contribution in [0.15, 0.2) is 52.7 Å². The summed E-state index contributed by atoms with van der Waals surface area (Å²) in [6.07, 6.45) is 1.68. The van der Waals surface area contributed by atoms with Gasteiger partial charge in [0.1, 0.15) is 18.0 Å². The molecule has 0 spiro atoms. The number of aromatic nitrogens is 4. The number of para-hydroxylation sites is 1. The number of hydrogen-bond acceptors (Lipinski definition) is 8. The van der Waals surface area contributed by atoms with Crippen LogP contribution in [-0.2, 0) is 4.79 Å². The van der Waals surface area contributed by atoms with Gasteiger partial charge < -0.3 is 15.1 Å². The van der Waals surface area contributed by atoms with E-state index in [9.17, 15) is 9.59 Å². The number of carbonyl (C=O) groups excluding carboxylic acids is 1. The van der Waals surface area contributed by atoms with Gasteiger partial charge in [-0.25, -0.2) is 15.0 Å². The number of benzene rings is 1. The molecule has 10 heteroatoms. The van der Waals surface area contributed by atoms with Gasteiger partial charge in [0, 0.05) is 61.4 Å². The molecule has 2 aliphatic heterocycles. The number of anilines is 3. The van der Waals surface area contributed by atoms with E-state index >= 15 is 0 Å². The first-order valence-electron chi connectivity index (χ1n) is 11.4. The maximum atomic E-state index is 12.8. The summed E-state index contributed by atoms with van der Waals surface area (Å²) in [4.78, 5) is 43.2. The Kier molecular flexibility index (Phi) is 6.23. The minimum atomic E-state index is -0.216. The first kappa shape index (κ1) is 22.4. The van der Waals surface area contributed by atoms with Crippen molar-refractivity contribution < 1.29 is 4.79 Å². The van der Waals surface area contributed by atoms with Crippen LogP contribution in [-0.4, -0.2) is 57.4 Å². The second-order valence-corrected chi connectivity index (χ2v) is 9.56. The molecule has 0 bridgehead atoms. The SMILES string of the molecule is Cc1nc2n(c(=O)c1C)C(CC(=O)Nc1cc(N3CCN(c4ccccc4)CC3)ncn1)CS2. The molecule has 5 rings (SSSR count). The van der Waals surface area contributed by atoms with Crippen LogP contribution in [0.1, 0.15) is 23.7 Å². The zero-order valence-electron chi connectivity index (χ0n) is 19.3. The standard InChI is InChI=1S/C24H27N7O2S/c1-16-17(2)27-24-31(23(16)33)19(14-34-24)12-22(32)28-20-13-21(26-15-25-20)30-10-8-29(9-11-30)18-6-4-3-5-7-18/h3-7,13,15,19H,8-12,14H2,1-2H3,(H,25,26,28,32). The highest BCUT2D eigenvalue weighted by Crippen LogP contribution is 2.32. The van der Waals surface area contributed by atoms with Gasteiger partial charge >= 0.3 is 0 Å². The summed E-state index contributed by atoms with van der Waals surface area (Å²) in [6, 6.07) is 12.0. The lowest BCUT2D eigenvalue weighted by Gasteiger charge is -2.36. The van der Waals surface area contributed by atoms with Crippen molar-refractivity contribution in [1.82, 2.24) is 19.5 Å². The molecule has 1 saturated heterocycles. The third-order valence-electron chi connectivity index (χ3n) is 6.39. The Morgan fingerprint density at radius 3 is 2.59 bits per heavy atom. The lowest BCUT2D eigenvalue weighted by molar-refractivity contribution is -0.116. The molecule has 34 heavy (non-hydrogen) atoms. The Morgan fingerprint density at radius 2 is 1.82 bits per heavy atom. The number of carbonyl (C=O) groups is 1. The molecule has 4 heterocycles. The van der Waals surface area contributed by atoms with Gasteiger partial charge in [-0.05, 0) is 26.0 Å². The van der Waals surface area contributed by atoms with E-state index in [1.807, 2.05) is 19.1 Å². The van der Waals surface area contributed by atoms with Gasteiger partial charge in [-0.2, -0.15) is 0 Å². The topological polar surface area (TPSA) is 96.2 Å². The van der Waals surface area contributed by atoms with Crippen LogP contribution in [0.3, 0.4) is 0 Å². The lowest BCUT2D eigenvalue weighted by atomic mass is 10.2. The molecule has 0 aliphatic carbocycles. The predicted octanol–water partition coefficient (Wildman–Crippen LogP) is 2.65. The summed E-state index contributed by atoms with van der Waals surface area (Å²) < 4.78 is 1.66. The molecule has 3 aromatic rings. The zero-order valence-corrected chi connectivity index (χ0v) is 20.1. The maximum Gasteiger partial charge on any atom is 0.257 e. The zero-order chi connectivity index (χ0) is 23.7. The van der Waals surface area contributed by atoms with E-state index < -0.39 is 0 Å². The number of piperazine rings is 1. The minimum absolute atomic E-state index is 0.0655. The van der Waals surface area contributed by atoms with Gasteiger partial charge in [0.25, 0.3) is 5.56 Å². The molecule has 1 fully saturated rings. The van der Waals surface area contributed by atoms with Crippen LogP contribution in [0.2, 0.25) is 0 Å². The fraction of sp³-hybridized carbons (Fsp3) is 0.375. The fourth-order valence-corrected chi connectivity index (χ4v) is 5.53. The summed E-state index contributed by atoms with van der Waals surface area (Å²) in [5, 5.41) is 3.57. The fourth-order valence-electron chi connectivity index (χ4n) is 4.35. The van der Waals surface area contributed by atoms with Crippen LogP contribution in [0, 0.1) is 13.8 Å². The molecular formula is C24H27N7O2S. The van der Waals surface area contributed by atoms with E-state index in [0.29, 0.717) is 22.3 Å². The first-order chi connectivity index (χ1) is 16.5. The van der Waals surface area contributed by atoms with E-state index in [0.717, 1.165) is 37.7 Å². The van der Waals surface area contributed by atoms with Crippen molar-refractivity contribution in [2.45, 2.75) is 31.5 Å². The number of aryl methyl sites for hydroxylation is 1. The number of amides is 1. The highest BCUT2D eigenvalue weighted by atomic mass is 32.2. The van der Waals surface area contributed by atoms with Crippen LogP contribution in [0.5, 0.6) is 0 Å². The third kappa shape index (κ3) is 4.50. The Morgan fingerprint density at radius 1 is 1.09 bits per heavy atom. The minimum Gasteiger partial charge on any atom is -0.368 e. The monoisotopic (exact) mass is 477 g/mol. The van der Waals surface area contributed by atoms with Crippen molar-refractivity contribution in [3.05, 3.63) is 64.3 Å². The van der Waals surface area contributed by atoms with Gasteiger partial charge in [-0.1, -0.05) is 30.0 Å². The molecule has 176 valence electrons. The summed E-state index contributed by atoms with van der Waals surface area (Å²) in [7, 11) is 0. The van der Waals surface area contributed by atoms with Gasteiger partial charge in [0.2, 0.25) is 5.91 Å². The van der Waals surface area contributed by atoms with Crippen LogP contribution < -0.4 is 20.7 Å². The maximum absolute atomic E-state index is 12.8. The van der Waals surface area contributed by atoms with Crippen molar-refractivity contribution >= 4 is 35.0 Å². The summed E-state index contributed by atoms with van der Waals surface area (Å²) in [6.45, 7) is 7.09. The quantitative estimate of drug-likeness (QED) is 0.561. The van der Waals surface area contributed by atoms with Crippen molar-refractivity contribution in [3.63, 3.8) is 0 Å². The molecule has 1 N–H and O–H groups in total.